The summed E-state index contributed by atoms with van der Waals surface area (Å²) in [6, 6.07) is 1.78. The number of sulfonamides is 1. The first-order chi connectivity index (χ1) is 10.9. The van der Waals surface area contributed by atoms with E-state index in [0.717, 1.165) is 12.0 Å². The molecule has 1 aliphatic rings. The highest BCUT2D eigenvalue weighted by molar-refractivity contribution is 7.89. The molecule has 0 aliphatic carbocycles. The third-order valence-corrected chi connectivity index (χ3v) is 5.52. The number of aryl methyl sites for hydroxylation is 2. The van der Waals surface area contributed by atoms with Gasteiger partial charge >= 0.3 is 0 Å². The standard InChI is InChI=1S/C14H18N4O4S/c1-10-7-14(17-11(2)16-10)22-12-3-5-18(6-4-12)23(19,20)13-8-15-21-9-13/h7-9,12H,3-6H2,1-2H3. The molecule has 9 heteroatoms. The Morgan fingerprint density at radius 3 is 2.61 bits per heavy atom. The van der Waals surface area contributed by atoms with Gasteiger partial charge in [-0.2, -0.15) is 9.29 Å². The van der Waals surface area contributed by atoms with Gasteiger partial charge in [-0.25, -0.2) is 13.4 Å². The van der Waals surface area contributed by atoms with Crippen LogP contribution in [0.25, 0.3) is 0 Å². The molecule has 0 atom stereocenters. The van der Waals surface area contributed by atoms with Crippen molar-refractivity contribution in [3.63, 3.8) is 0 Å². The van der Waals surface area contributed by atoms with Gasteiger partial charge in [0, 0.05) is 24.8 Å². The van der Waals surface area contributed by atoms with E-state index in [-0.39, 0.29) is 11.0 Å². The molecular formula is C14H18N4O4S. The van der Waals surface area contributed by atoms with Crippen molar-refractivity contribution in [1.29, 1.82) is 0 Å². The third kappa shape index (κ3) is 3.50. The van der Waals surface area contributed by atoms with E-state index in [9.17, 15) is 8.42 Å². The van der Waals surface area contributed by atoms with Crippen LogP contribution in [0.15, 0.2) is 27.9 Å². The summed E-state index contributed by atoms with van der Waals surface area (Å²) < 4.78 is 36.6. The average molecular weight is 338 g/mol. The molecule has 2 aromatic rings. The summed E-state index contributed by atoms with van der Waals surface area (Å²) in [5, 5.41) is 3.45. The Morgan fingerprint density at radius 1 is 1.26 bits per heavy atom. The quantitative estimate of drug-likeness (QED) is 0.829. The Hall–Kier alpha value is -2.00. The highest BCUT2D eigenvalue weighted by atomic mass is 32.2. The van der Waals surface area contributed by atoms with Gasteiger partial charge in [0.15, 0.2) is 0 Å². The molecule has 124 valence electrons. The first-order valence-electron chi connectivity index (χ1n) is 7.33. The molecule has 23 heavy (non-hydrogen) atoms. The average Bonchev–Trinajstić information content (AvgIpc) is 3.01. The van der Waals surface area contributed by atoms with E-state index in [2.05, 4.69) is 19.6 Å². The number of nitrogens with zero attached hydrogens (tertiary/aromatic N) is 4. The molecule has 3 rings (SSSR count). The summed E-state index contributed by atoms with van der Waals surface area (Å²) >= 11 is 0. The molecule has 0 aromatic carbocycles. The van der Waals surface area contributed by atoms with Gasteiger partial charge in [-0.3, -0.25) is 0 Å². The number of hydrogen-bond donors (Lipinski definition) is 0. The van der Waals surface area contributed by atoms with E-state index >= 15 is 0 Å². The van der Waals surface area contributed by atoms with E-state index in [1.165, 1.54) is 10.5 Å². The van der Waals surface area contributed by atoms with Crippen LogP contribution >= 0.6 is 0 Å². The highest BCUT2D eigenvalue weighted by Crippen LogP contribution is 2.23. The van der Waals surface area contributed by atoms with Crippen LogP contribution in [0.1, 0.15) is 24.4 Å². The molecule has 1 saturated heterocycles. The largest absolute Gasteiger partial charge is 0.474 e. The van der Waals surface area contributed by atoms with Gasteiger partial charge in [0.05, 0.1) is 6.20 Å². The summed E-state index contributed by atoms with van der Waals surface area (Å²) in [5.41, 5.74) is 0.847. The second kappa shape index (κ2) is 6.25. The Bertz CT molecular complexity index is 748. The monoisotopic (exact) mass is 338 g/mol. The topological polar surface area (TPSA) is 98.4 Å². The summed E-state index contributed by atoms with van der Waals surface area (Å²) in [6.45, 7) is 4.48. The lowest BCUT2D eigenvalue weighted by atomic mass is 10.1. The highest BCUT2D eigenvalue weighted by Gasteiger charge is 2.31. The second-order valence-corrected chi connectivity index (χ2v) is 7.41. The minimum atomic E-state index is -3.53. The molecule has 0 unspecified atom stereocenters. The van der Waals surface area contributed by atoms with Crippen molar-refractivity contribution in [2.24, 2.45) is 0 Å². The van der Waals surface area contributed by atoms with E-state index < -0.39 is 10.0 Å². The van der Waals surface area contributed by atoms with Crippen molar-refractivity contribution in [2.75, 3.05) is 13.1 Å². The van der Waals surface area contributed by atoms with Gasteiger partial charge in [0.2, 0.25) is 15.9 Å². The van der Waals surface area contributed by atoms with Gasteiger partial charge in [0.25, 0.3) is 0 Å². The molecule has 1 aliphatic heterocycles. The van der Waals surface area contributed by atoms with Crippen LogP contribution in [-0.2, 0) is 10.0 Å². The smallest absolute Gasteiger partial charge is 0.247 e. The predicted octanol–water partition coefficient (Wildman–Crippen LogP) is 1.31. The molecule has 0 bridgehead atoms. The van der Waals surface area contributed by atoms with E-state index in [4.69, 9.17) is 4.74 Å². The maximum Gasteiger partial charge on any atom is 0.247 e. The van der Waals surface area contributed by atoms with Crippen LogP contribution in [0.2, 0.25) is 0 Å². The summed E-state index contributed by atoms with van der Waals surface area (Å²) in [4.78, 5) is 8.54. The van der Waals surface area contributed by atoms with Crippen LogP contribution in [0, 0.1) is 13.8 Å². The fourth-order valence-corrected chi connectivity index (χ4v) is 3.91. The second-order valence-electron chi connectivity index (χ2n) is 5.48. The molecule has 8 nitrogen and oxygen atoms in total. The zero-order valence-electron chi connectivity index (χ0n) is 13.0. The van der Waals surface area contributed by atoms with Crippen molar-refractivity contribution in [3.8, 4) is 5.88 Å². The van der Waals surface area contributed by atoms with Gasteiger partial charge in [-0.05, 0) is 26.7 Å². The van der Waals surface area contributed by atoms with Gasteiger partial charge in [0.1, 0.15) is 23.1 Å². The minimum Gasteiger partial charge on any atom is -0.474 e. The first-order valence-corrected chi connectivity index (χ1v) is 8.77. The van der Waals surface area contributed by atoms with Gasteiger partial charge < -0.3 is 9.26 Å². The molecule has 0 N–H and O–H groups in total. The van der Waals surface area contributed by atoms with E-state index in [0.29, 0.717) is 37.6 Å². The molecule has 0 amide bonds. The summed E-state index contributed by atoms with van der Waals surface area (Å²) in [7, 11) is -3.53. The molecular weight excluding hydrogens is 320 g/mol. The molecule has 0 spiro atoms. The van der Waals surface area contributed by atoms with Crippen molar-refractivity contribution >= 4 is 10.0 Å². The zero-order chi connectivity index (χ0) is 16.4. The number of piperidine rings is 1. The normalized spacial score (nSPS) is 17.3. The molecule has 0 radical (unpaired) electrons. The molecule has 3 heterocycles. The fourth-order valence-electron chi connectivity index (χ4n) is 2.58. The number of aromatic nitrogens is 3. The Labute approximate surface area is 134 Å². The van der Waals surface area contributed by atoms with E-state index in [1.54, 1.807) is 6.07 Å². The molecule has 2 aromatic heterocycles. The maximum atomic E-state index is 12.4. The lowest BCUT2D eigenvalue weighted by Gasteiger charge is -2.30. The summed E-state index contributed by atoms with van der Waals surface area (Å²) in [6.07, 6.45) is 3.51. The lowest BCUT2D eigenvalue weighted by Crippen LogP contribution is -2.41. The zero-order valence-corrected chi connectivity index (χ0v) is 13.8. The number of ether oxygens (including phenoxy) is 1. The number of hydrogen-bond acceptors (Lipinski definition) is 7. The van der Waals surface area contributed by atoms with Crippen LogP contribution in [-0.4, -0.2) is 47.0 Å². The third-order valence-electron chi connectivity index (χ3n) is 3.68. The molecule has 1 fully saturated rings. The van der Waals surface area contributed by atoms with Crippen molar-refractivity contribution in [1.82, 2.24) is 19.4 Å². The Kier molecular flexibility index (Phi) is 4.31. The van der Waals surface area contributed by atoms with Gasteiger partial charge in [-0.15, -0.1) is 0 Å². The van der Waals surface area contributed by atoms with Gasteiger partial charge in [-0.1, -0.05) is 5.16 Å². The van der Waals surface area contributed by atoms with Crippen molar-refractivity contribution in [3.05, 3.63) is 30.0 Å². The SMILES string of the molecule is Cc1cc(OC2CCN(S(=O)(=O)c3cnoc3)CC2)nc(C)n1. The Morgan fingerprint density at radius 2 is 2.00 bits per heavy atom. The van der Waals surface area contributed by atoms with Crippen molar-refractivity contribution < 1.29 is 17.7 Å². The van der Waals surface area contributed by atoms with Crippen LogP contribution in [0.5, 0.6) is 5.88 Å². The first kappa shape index (κ1) is 15.9. The maximum absolute atomic E-state index is 12.4. The minimum absolute atomic E-state index is 0.0578. The van der Waals surface area contributed by atoms with Crippen LogP contribution in [0.3, 0.4) is 0 Å². The fraction of sp³-hybridized carbons (Fsp3) is 0.500. The van der Waals surface area contributed by atoms with E-state index in [1.807, 2.05) is 13.8 Å². The molecule has 0 saturated carbocycles. The predicted molar refractivity (Wildman–Crippen MR) is 80.4 cm³/mol. The Balaban J connectivity index is 1.62. The lowest BCUT2D eigenvalue weighted by molar-refractivity contribution is 0.129. The number of rotatable bonds is 4. The van der Waals surface area contributed by atoms with Crippen LogP contribution < -0.4 is 4.74 Å². The van der Waals surface area contributed by atoms with Crippen LogP contribution in [0.4, 0.5) is 0 Å². The summed E-state index contributed by atoms with van der Waals surface area (Å²) in [5.74, 6) is 1.20. The van der Waals surface area contributed by atoms with Crippen molar-refractivity contribution in [2.45, 2.75) is 37.7 Å².